The molecule has 8 nitrogen and oxygen atoms in total. The number of aromatic hydroxyl groups is 1. The molecule has 2 saturated heterocycles. The second-order valence-electron chi connectivity index (χ2n) is 11.1. The van der Waals surface area contributed by atoms with Crippen LogP contribution < -0.4 is 4.90 Å². The number of allylic oxidation sites excluding steroid dienone is 2. The van der Waals surface area contributed by atoms with Crippen molar-refractivity contribution in [3.8, 4) is 5.75 Å². The molecule has 0 bridgehead atoms. The zero-order valence-corrected chi connectivity index (χ0v) is 23.7. The predicted octanol–water partition coefficient (Wildman–Crippen LogP) is 6.82. The molecule has 0 saturated carbocycles. The number of hydrogen-bond acceptors (Lipinski definition) is 6. The van der Waals surface area contributed by atoms with E-state index in [-0.39, 0.29) is 41.0 Å². The first kappa shape index (κ1) is 27.9. The van der Waals surface area contributed by atoms with Gasteiger partial charge < -0.3 is 9.84 Å². The van der Waals surface area contributed by atoms with E-state index in [1.165, 1.54) is 24.3 Å². The van der Waals surface area contributed by atoms with E-state index >= 15 is 0 Å². The van der Waals surface area contributed by atoms with E-state index in [1.807, 2.05) is 43.3 Å². The van der Waals surface area contributed by atoms with Crippen molar-refractivity contribution in [2.75, 3.05) is 11.5 Å². The summed E-state index contributed by atoms with van der Waals surface area (Å²) in [5.41, 5.74) is 5.13. The Labute approximate surface area is 248 Å². The van der Waals surface area contributed by atoms with Gasteiger partial charge in [-0.1, -0.05) is 53.6 Å². The first-order valence-corrected chi connectivity index (χ1v) is 14.3. The maximum atomic E-state index is 13.7. The summed E-state index contributed by atoms with van der Waals surface area (Å²) >= 11 is 6.42. The highest BCUT2D eigenvalue weighted by Crippen LogP contribution is 2.50. The molecular weight excluding hydrogens is 556 g/mol. The van der Waals surface area contributed by atoms with E-state index < -0.39 is 16.8 Å². The van der Waals surface area contributed by atoms with Crippen LogP contribution in [0, 0.1) is 27.9 Å². The van der Waals surface area contributed by atoms with Gasteiger partial charge in [-0.05, 0) is 78.8 Å². The van der Waals surface area contributed by atoms with E-state index in [0.29, 0.717) is 30.9 Å². The second kappa shape index (κ2) is 11.2. The molecule has 0 aromatic heterocycles. The Morgan fingerprint density at radius 3 is 2.60 bits per heavy atom. The number of carbonyl (C=O) groups is 2. The fourth-order valence-electron chi connectivity index (χ4n) is 6.69. The third-order valence-corrected chi connectivity index (χ3v) is 8.91. The first-order chi connectivity index (χ1) is 20.2. The molecule has 3 aromatic rings. The Morgan fingerprint density at radius 1 is 1.07 bits per heavy atom. The molecule has 4 atom stereocenters. The molecule has 0 radical (unpaired) electrons. The summed E-state index contributed by atoms with van der Waals surface area (Å²) in [6.07, 6.45) is 3.63. The van der Waals surface area contributed by atoms with Crippen LogP contribution in [0.3, 0.4) is 0 Å². The number of anilines is 1. The molecule has 2 aliphatic heterocycles. The monoisotopic (exact) mass is 584 g/mol. The van der Waals surface area contributed by atoms with Gasteiger partial charge in [-0.3, -0.25) is 19.7 Å². The molecule has 214 valence electrons. The standard InChI is InChI=1S/C33H29ClN2O6/c1-19-14-26-31(33(39)35(32(26)38)23-8-5-9-24(16-23)36(40)41)27-18-42-29(30(19)27)13-11-21(20-6-3-2-4-7-20)15-22-10-12-25(37)17-28(22)34/h2-10,12,15-17,26-27,29,31,37H,11,13-14,18H2,1H3/b21-15-/t26-,27+,29-,31-/m1/s1. The highest BCUT2D eigenvalue weighted by Gasteiger charge is 2.57. The highest BCUT2D eigenvalue weighted by atomic mass is 35.5. The second-order valence-corrected chi connectivity index (χ2v) is 11.5. The van der Waals surface area contributed by atoms with Gasteiger partial charge in [0.15, 0.2) is 0 Å². The third kappa shape index (κ3) is 5.01. The van der Waals surface area contributed by atoms with Crippen LogP contribution in [0.2, 0.25) is 5.02 Å². The number of fused-ring (bicyclic) bond motifs is 3. The van der Waals surface area contributed by atoms with Crippen LogP contribution in [0.5, 0.6) is 5.75 Å². The van der Waals surface area contributed by atoms with E-state index in [0.717, 1.165) is 32.7 Å². The van der Waals surface area contributed by atoms with Crippen LogP contribution in [0.4, 0.5) is 11.4 Å². The quantitative estimate of drug-likeness (QED) is 0.107. The molecule has 0 spiro atoms. The number of phenols is 1. The zero-order chi connectivity index (χ0) is 29.5. The molecule has 2 heterocycles. The van der Waals surface area contributed by atoms with Gasteiger partial charge in [0.05, 0.1) is 40.2 Å². The smallest absolute Gasteiger partial charge is 0.271 e. The van der Waals surface area contributed by atoms with E-state index in [4.69, 9.17) is 16.3 Å². The molecule has 42 heavy (non-hydrogen) atoms. The number of halogens is 1. The first-order valence-electron chi connectivity index (χ1n) is 13.9. The number of benzene rings is 3. The van der Waals surface area contributed by atoms with Crippen LogP contribution in [-0.2, 0) is 14.3 Å². The Balaban J connectivity index is 1.25. The van der Waals surface area contributed by atoms with Gasteiger partial charge in [-0.2, -0.15) is 0 Å². The van der Waals surface area contributed by atoms with Gasteiger partial charge in [0.1, 0.15) is 5.75 Å². The van der Waals surface area contributed by atoms with Crippen LogP contribution >= 0.6 is 11.6 Å². The molecule has 2 amide bonds. The highest BCUT2D eigenvalue weighted by molar-refractivity contribution is 6.32. The molecular formula is C33H29ClN2O6. The third-order valence-electron chi connectivity index (χ3n) is 8.59. The molecule has 6 rings (SSSR count). The van der Waals surface area contributed by atoms with Gasteiger partial charge in [-0.25, -0.2) is 4.90 Å². The van der Waals surface area contributed by atoms with Gasteiger partial charge in [0, 0.05) is 18.1 Å². The number of ether oxygens (including phenoxy) is 1. The van der Waals surface area contributed by atoms with Crippen molar-refractivity contribution in [2.45, 2.75) is 32.3 Å². The SMILES string of the molecule is CC1=C2[C@@H](CC/C(=C/c3ccc(O)cc3Cl)c3ccccc3)OC[C@@H]2[C@@H]2C(=O)N(c3cccc([N+](=O)[O-])c3)C(=O)[C@@H]2C1. The summed E-state index contributed by atoms with van der Waals surface area (Å²) in [6.45, 7) is 2.35. The summed E-state index contributed by atoms with van der Waals surface area (Å²) in [5.74, 6) is -1.82. The molecule has 3 aliphatic rings. The molecule has 1 N–H and O–H groups in total. The van der Waals surface area contributed by atoms with Crippen molar-refractivity contribution < 1.29 is 24.4 Å². The maximum Gasteiger partial charge on any atom is 0.271 e. The molecule has 2 fully saturated rings. The van der Waals surface area contributed by atoms with Crippen molar-refractivity contribution in [3.63, 3.8) is 0 Å². The maximum absolute atomic E-state index is 13.7. The van der Waals surface area contributed by atoms with E-state index in [9.17, 15) is 24.8 Å². The topological polar surface area (TPSA) is 110 Å². The lowest BCUT2D eigenvalue weighted by Crippen LogP contribution is -2.34. The zero-order valence-electron chi connectivity index (χ0n) is 22.9. The summed E-state index contributed by atoms with van der Waals surface area (Å²) in [7, 11) is 0. The average Bonchev–Trinajstić information content (AvgIpc) is 3.51. The predicted molar refractivity (Wildman–Crippen MR) is 160 cm³/mol. The number of phenolic OH excluding ortho intramolecular Hbond substituents is 1. The van der Waals surface area contributed by atoms with Gasteiger partial charge in [0.25, 0.3) is 5.69 Å². The molecule has 9 heteroatoms. The lowest BCUT2D eigenvalue weighted by Gasteiger charge is -2.30. The van der Waals surface area contributed by atoms with Crippen LogP contribution in [0.1, 0.15) is 37.3 Å². The normalized spacial score (nSPS) is 23.8. The summed E-state index contributed by atoms with van der Waals surface area (Å²) in [4.78, 5) is 39.1. The number of non-ortho nitro benzene ring substituents is 1. The Kier molecular flexibility index (Phi) is 7.43. The van der Waals surface area contributed by atoms with E-state index in [2.05, 4.69) is 0 Å². The number of nitro benzene ring substituents is 1. The number of imide groups is 1. The molecule has 3 aromatic carbocycles. The van der Waals surface area contributed by atoms with Crippen molar-refractivity contribution in [1.82, 2.24) is 0 Å². The van der Waals surface area contributed by atoms with Crippen LogP contribution in [0.15, 0.2) is 83.9 Å². The van der Waals surface area contributed by atoms with E-state index in [1.54, 1.807) is 18.2 Å². The Morgan fingerprint density at radius 2 is 1.86 bits per heavy atom. The number of rotatable bonds is 7. The number of nitro groups is 1. The van der Waals surface area contributed by atoms with Crippen LogP contribution in [0.25, 0.3) is 11.6 Å². The van der Waals surface area contributed by atoms with Crippen molar-refractivity contribution in [1.29, 1.82) is 0 Å². The largest absolute Gasteiger partial charge is 0.508 e. The fourth-order valence-corrected chi connectivity index (χ4v) is 6.92. The molecule has 0 unspecified atom stereocenters. The number of carbonyl (C=O) groups excluding carboxylic acids is 2. The number of hydrogen-bond donors (Lipinski definition) is 1. The lowest BCUT2D eigenvalue weighted by atomic mass is 9.70. The minimum absolute atomic E-state index is 0.103. The van der Waals surface area contributed by atoms with Crippen molar-refractivity contribution in [3.05, 3.63) is 110 Å². The van der Waals surface area contributed by atoms with Gasteiger partial charge in [0.2, 0.25) is 11.8 Å². The number of nitrogens with zero attached hydrogens (tertiary/aromatic N) is 2. The summed E-state index contributed by atoms with van der Waals surface area (Å²) in [6, 6.07) is 20.6. The number of amides is 2. The fraction of sp³-hybridized carbons (Fsp3) is 0.273. The minimum atomic E-state index is -0.555. The molecule has 1 aliphatic carbocycles. The average molecular weight is 585 g/mol. The minimum Gasteiger partial charge on any atom is -0.508 e. The summed E-state index contributed by atoms with van der Waals surface area (Å²) in [5, 5.41) is 21.6. The Bertz CT molecular complexity index is 1650. The van der Waals surface area contributed by atoms with Gasteiger partial charge in [-0.15, -0.1) is 0 Å². The van der Waals surface area contributed by atoms with Crippen LogP contribution in [-0.4, -0.2) is 34.6 Å². The summed E-state index contributed by atoms with van der Waals surface area (Å²) < 4.78 is 6.31. The van der Waals surface area contributed by atoms with Gasteiger partial charge >= 0.3 is 0 Å². The Hall–Kier alpha value is -4.27. The lowest BCUT2D eigenvalue weighted by molar-refractivity contribution is -0.384. The van der Waals surface area contributed by atoms with Crippen molar-refractivity contribution in [2.24, 2.45) is 17.8 Å². The van der Waals surface area contributed by atoms with Crippen molar-refractivity contribution >= 4 is 46.4 Å².